The normalized spacial score (nSPS) is 21.5. The van der Waals surface area contributed by atoms with Crippen LogP contribution in [0.25, 0.3) is 0 Å². The molecule has 0 radical (unpaired) electrons. The molecule has 0 saturated heterocycles. The maximum absolute atomic E-state index is 9.32. The van der Waals surface area contributed by atoms with Gasteiger partial charge < -0.3 is 0 Å². The summed E-state index contributed by atoms with van der Waals surface area (Å²) in [5.41, 5.74) is 1.06. The molecular formula is C13H14ClN. The van der Waals surface area contributed by atoms with E-state index in [0.717, 1.165) is 18.4 Å². The van der Waals surface area contributed by atoms with Gasteiger partial charge in [-0.1, -0.05) is 37.6 Å². The van der Waals surface area contributed by atoms with Crippen molar-refractivity contribution in [3.05, 3.63) is 34.9 Å². The maximum Gasteiger partial charge on any atom is 0.0833 e. The average Bonchev–Trinajstić information content (AvgIpc) is 2.13. The quantitative estimate of drug-likeness (QED) is 0.702. The second-order valence-corrected chi connectivity index (χ2v) is 5.66. The largest absolute Gasteiger partial charge is 0.197 e. The van der Waals surface area contributed by atoms with Gasteiger partial charge in [-0.2, -0.15) is 5.26 Å². The number of hydrogen-bond donors (Lipinski definition) is 0. The van der Waals surface area contributed by atoms with Crippen molar-refractivity contribution in [1.29, 1.82) is 5.26 Å². The first kappa shape index (κ1) is 10.5. The number of hydrogen-bond acceptors (Lipinski definition) is 1. The number of nitrogens with zero attached hydrogens (tertiary/aromatic N) is 1. The van der Waals surface area contributed by atoms with Gasteiger partial charge in [0.15, 0.2) is 0 Å². The van der Waals surface area contributed by atoms with Gasteiger partial charge in [0.05, 0.1) is 11.5 Å². The van der Waals surface area contributed by atoms with Crippen LogP contribution in [0, 0.1) is 16.7 Å². The maximum atomic E-state index is 9.32. The fraction of sp³-hybridized carbons (Fsp3) is 0.462. The number of benzene rings is 1. The Balaban J connectivity index is 2.35. The number of rotatable bonds is 1. The van der Waals surface area contributed by atoms with E-state index in [2.05, 4.69) is 19.9 Å². The standard InChI is InChI=1S/C13H14ClN/c1-12(2)7-13(8-12,9-15)10-4-3-5-11(14)6-10/h3-6H,7-8H2,1-2H3. The van der Waals surface area contributed by atoms with Crippen LogP contribution >= 0.6 is 11.6 Å². The zero-order chi connectivity index (χ0) is 11.1. The summed E-state index contributed by atoms with van der Waals surface area (Å²) in [4.78, 5) is 0. The molecular weight excluding hydrogens is 206 g/mol. The fourth-order valence-electron chi connectivity index (χ4n) is 2.72. The lowest BCUT2D eigenvalue weighted by Crippen LogP contribution is -2.45. The van der Waals surface area contributed by atoms with E-state index in [1.165, 1.54) is 0 Å². The van der Waals surface area contributed by atoms with Gasteiger partial charge in [-0.05, 0) is 36.0 Å². The Morgan fingerprint density at radius 3 is 2.47 bits per heavy atom. The van der Waals surface area contributed by atoms with Crippen LogP contribution in [-0.2, 0) is 5.41 Å². The lowest BCUT2D eigenvalue weighted by molar-refractivity contribution is 0.0999. The third kappa shape index (κ3) is 1.75. The van der Waals surface area contributed by atoms with E-state index in [9.17, 15) is 5.26 Å². The molecule has 1 aliphatic rings. The van der Waals surface area contributed by atoms with Crippen molar-refractivity contribution in [3.8, 4) is 6.07 Å². The van der Waals surface area contributed by atoms with Crippen molar-refractivity contribution < 1.29 is 0 Å². The molecule has 0 bridgehead atoms. The molecule has 2 rings (SSSR count). The lowest BCUT2D eigenvalue weighted by atomic mass is 9.52. The van der Waals surface area contributed by atoms with Crippen molar-refractivity contribution >= 4 is 11.6 Å². The highest BCUT2D eigenvalue weighted by Gasteiger charge is 2.50. The number of halogens is 1. The van der Waals surface area contributed by atoms with Crippen molar-refractivity contribution in [3.63, 3.8) is 0 Å². The third-order valence-electron chi connectivity index (χ3n) is 3.15. The zero-order valence-corrected chi connectivity index (χ0v) is 9.80. The molecule has 0 atom stereocenters. The Hall–Kier alpha value is -1.00. The first-order valence-corrected chi connectivity index (χ1v) is 5.53. The van der Waals surface area contributed by atoms with Crippen molar-refractivity contribution in [2.75, 3.05) is 0 Å². The molecule has 78 valence electrons. The van der Waals surface area contributed by atoms with Crippen LogP contribution in [0.2, 0.25) is 5.02 Å². The molecule has 1 saturated carbocycles. The van der Waals surface area contributed by atoms with Gasteiger partial charge >= 0.3 is 0 Å². The first-order chi connectivity index (χ1) is 6.97. The highest BCUT2D eigenvalue weighted by molar-refractivity contribution is 6.30. The van der Waals surface area contributed by atoms with Crippen molar-refractivity contribution in [2.24, 2.45) is 5.41 Å². The van der Waals surface area contributed by atoms with Crippen LogP contribution in [0.1, 0.15) is 32.3 Å². The monoisotopic (exact) mass is 219 g/mol. The highest BCUT2D eigenvalue weighted by Crippen LogP contribution is 2.55. The van der Waals surface area contributed by atoms with Gasteiger partial charge in [0.2, 0.25) is 0 Å². The fourth-order valence-corrected chi connectivity index (χ4v) is 2.91. The summed E-state index contributed by atoms with van der Waals surface area (Å²) in [6, 6.07) is 10.1. The predicted molar refractivity (Wildman–Crippen MR) is 61.8 cm³/mol. The molecule has 1 aliphatic carbocycles. The molecule has 0 spiro atoms. The summed E-state index contributed by atoms with van der Waals surface area (Å²) in [7, 11) is 0. The summed E-state index contributed by atoms with van der Waals surface area (Å²) in [6.45, 7) is 4.40. The summed E-state index contributed by atoms with van der Waals surface area (Å²) in [5, 5.41) is 10.0. The minimum absolute atomic E-state index is 0.290. The van der Waals surface area contributed by atoms with E-state index < -0.39 is 0 Å². The Bertz CT molecular complexity index is 420. The lowest BCUT2D eigenvalue weighted by Gasteiger charge is -2.49. The van der Waals surface area contributed by atoms with E-state index in [-0.39, 0.29) is 10.8 Å². The van der Waals surface area contributed by atoms with Gasteiger partial charge in [-0.3, -0.25) is 0 Å². The van der Waals surface area contributed by atoms with Gasteiger partial charge in [0, 0.05) is 5.02 Å². The van der Waals surface area contributed by atoms with Crippen molar-refractivity contribution in [2.45, 2.75) is 32.1 Å². The smallest absolute Gasteiger partial charge is 0.0833 e. The zero-order valence-electron chi connectivity index (χ0n) is 9.05. The molecule has 15 heavy (non-hydrogen) atoms. The molecule has 0 heterocycles. The van der Waals surface area contributed by atoms with Crippen LogP contribution in [0.5, 0.6) is 0 Å². The van der Waals surface area contributed by atoms with E-state index in [4.69, 9.17) is 11.6 Å². The average molecular weight is 220 g/mol. The third-order valence-corrected chi connectivity index (χ3v) is 3.39. The molecule has 0 aliphatic heterocycles. The molecule has 2 heteroatoms. The molecule has 1 aromatic rings. The Morgan fingerprint density at radius 1 is 1.33 bits per heavy atom. The molecule has 1 nitrogen and oxygen atoms in total. The van der Waals surface area contributed by atoms with E-state index in [0.29, 0.717) is 5.02 Å². The summed E-state index contributed by atoms with van der Waals surface area (Å²) in [6.07, 6.45) is 1.85. The Labute approximate surface area is 95.7 Å². The molecule has 1 fully saturated rings. The van der Waals surface area contributed by atoms with Gasteiger partial charge in [-0.15, -0.1) is 0 Å². The Kier molecular flexibility index (Phi) is 2.28. The summed E-state index contributed by atoms with van der Waals surface area (Å²) < 4.78 is 0. The van der Waals surface area contributed by atoms with E-state index in [1.54, 1.807) is 0 Å². The highest BCUT2D eigenvalue weighted by atomic mass is 35.5. The van der Waals surface area contributed by atoms with Gasteiger partial charge in [-0.25, -0.2) is 0 Å². The van der Waals surface area contributed by atoms with Crippen LogP contribution in [0.3, 0.4) is 0 Å². The number of nitriles is 1. The summed E-state index contributed by atoms with van der Waals surface area (Å²) in [5.74, 6) is 0. The second-order valence-electron chi connectivity index (χ2n) is 5.22. The van der Waals surface area contributed by atoms with Crippen LogP contribution in [-0.4, -0.2) is 0 Å². The molecule has 0 unspecified atom stereocenters. The van der Waals surface area contributed by atoms with Gasteiger partial charge in [0.25, 0.3) is 0 Å². The predicted octanol–water partition coefficient (Wildman–Crippen LogP) is 3.92. The van der Waals surface area contributed by atoms with Crippen LogP contribution in [0.4, 0.5) is 0 Å². The SMILES string of the molecule is CC1(C)CC(C#N)(c2cccc(Cl)c2)C1. The molecule has 0 amide bonds. The Morgan fingerprint density at radius 2 is 2.00 bits per heavy atom. The summed E-state index contributed by atoms with van der Waals surface area (Å²) >= 11 is 5.95. The first-order valence-electron chi connectivity index (χ1n) is 5.15. The minimum Gasteiger partial charge on any atom is -0.197 e. The van der Waals surface area contributed by atoms with Gasteiger partial charge in [0.1, 0.15) is 0 Å². The van der Waals surface area contributed by atoms with Crippen LogP contribution in [0.15, 0.2) is 24.3 Å². The topological polar surface area (TPSA) is 23.8 Å². The van der Waals surface area contributed by atoms with E-state index in [1.807, 2.05) is 24.3 Å². The van der Waals surface area contributed by atoms with Crippen molar-refractivity contribution in [1.82, 2.24) is 0 Å². The molecule has 0 aromatic heterocycles. The molecule has 0 N–H and O–H groups in total. The molecule has 1 aromatic carbocycles. The van der Waals surface area contributed by atoms with Crippen LogP contribution < -0.4 is 0 Å². The van der Waals surface area contributed by atoms with E-state index >= 15 is 0 Å². The minimum atomic E-state index is -0.297. The second kappa shape index (κ2) is 3.25.